The van der Waals surface area contributed by atoms with E-state index in [1.807, 2.05) is 32.9 Å². The molecule has 0 spiro atoms. The van der Waals surface area contributed by atoms with Gasteiger partial charge in [0.05, 0.1) is 25.3 Å². The molecule has 0 aliphatic carbocycles. The lowest BCUT2D eigenvalue weighted by molar-refractivity contribution is -0.120. The molecule has 2 unspecified atom stereocenters. The summed E-state index contributed by atoms with van der Waals surface area (Å²) in [4.78, 5) is 35.2. The van der Waals surface area contributed by atoms with Crippen molar-refractivity contribution in [3.8, 4) is 23.0 Å². The molecule has 1 saturated heterocycles. The smallest absolute Gasteiger partial charge is 0.326 e. The van der Waals surface area contributed by atoms with E-state index in [9.17, 15) is 19.8 Å². The number of aromatic hydroxyl groups is 2. The van der Waals surface area contributed by atoms with Gasteiger partial charge >= 0.3 is 6.03 Å². The van der Waals surface area contributed by atoms with Crippen LogP contribution in [0.1, 0.15) is 61.5 Å². The molecule has 2 atom stereocenters. The monoisotopic (exact) mass is 601 g/mol. The molecular weight excluding hydrogens is 562 g/mol. The number of hydrogen-bond acceptors (Lipinski definition) is 8. The molecule has 0 aromatic heterocycles. The zero-order chi connectivity index (χ0) is 31.6. The fourth-order valence-corrected chi connectivity index (χ4v) is 5.67. The second kappa shape index (κ2) is 12.5. The van der Waals surface area contributed by atoms with E-state index < -0.39 is 17.6 Å². The highest BCUT2D eigenvalue weighted by Crippen LogP contribution is 2.46. The van der Waals surface area contributed by atoms with Crippen LogP contribution in [0.25, 0.3) is 0 Å². The first kappa shape index (κ1) is 30.7. The first-order valence-corrected chi connectivity index (χ1v) is 14.7. The normalized spacial score (nSPS) is 18.8. The lowest BCUT2D eigenvalue weighted by Crippen LogP contribution is -2.47. The minimum Gasteiger partial charge on any atom is -0.508 e. The maximum Gasteiger partial charge on any atom is 0.326 e. The number of amides is 3. The quantitative estimate of drug-likeness (QED) is 0.317. The number of carbonyl (C=O) groups excluding carboxylic acids is 2. The van der Waals surface area contributed by atoms with E-state index in [1.165, 1.54) is 0 Å². The first-order valence-electron chi connectivity index (χ1n) is 14.7. The van der Waals surface area contributed by atoms with Gasteiger partial charge < -0.3 is 35.6 Å². The molecule has 3 aromatic carbocycles. The van der Waals surface area contributed by atoms with Crippen molar-refractivity contribution < 1.29 is 29.3 Å². The molecule has 0 bridgehead atoms. The largest absolute Gasteiger partial charge is 0.508 e. The van der Waals surface area contributed by atoms with Gasteiger partial charge in [-0.25, -0.2) is 4.79 Å². The summed E-state index contributed by atoms with van der Waals surface area (Å²) in [7, 11) is 1.55. The Morgan fingerprint density at radius 2 is 1.66 bits per heavy atom. The van der Waals surface area contributed by atoms with Crippen LogP contribution in [0.4, 0.5) is 4.79 Å². The number of nitrogens with two attached hydrogens (primary N) is 1. The number of ether oxygens (including phenoxy) is 2. The van der Waals surface area contributed by atoms with Gasteiger partial charge in [-0.2, -0.15) is 0 Å². The molecule has 2 heterocycles. The average Bonchev–Trinajstić information content (AvgIpc) is 3.25. The lowest BCUT2D eigenvalue weighted by Gasteiger charge is -2.34. The standard InChI is InChI=1S/C33H39N5O6/c1-5-44-27-18-24(26(43-4)19-25(27)33(2,3)34)31-36-29(20-6-10-22(39)11-7-20)30(21-8-12-23(40)13-9-21)38(31)32(42)37-16-14-28(41)35-15-17-37/h6-13,18-19,29-30,39-40H,5,14-17,34H2,1-4H3,(H,35,41). The number of nitrogens with one attached hydrogen (secondary N) is 1. The predicted octanol–water partition coefficient (Wildman–Crippen LogP) is 4.19. The first-order chi connectivity index (χ1) is 21.0. The van der Waals surface area contributed by atoms with E-state index in [1.54, 1.807) is 65.4 Å². The van der Waals surface area contributed by atoms with Gasteiger partial charge in [0, 0.05) is 37.2 Å². The van der Waals surface area contributed by atoms with E-state index in [-0.39, 0.29) is 36.4 Å². The topological polar surface area (TPSA) is 150 Å². The molecule has 2 aliphatic rings. The minimum absolute atomic E-state index is 0.0899. The van der Waals surface area contributed by atoms with Gasteiger partial charge in [0.1, 0.15) is 34.9 Å². The SMILES string of the molecule is CCOc1cc(C2=NC(c3ccc(O)cc3)C(c3ccc(O)cc3)N2C(=O)N2CCNC(=O)CC2)c(OC)cc1C(C)(C)N. The number of rotatable bonds is 7. The van der Waals surface area contributed by atoms with Gasteiger partial charge in [-0.05, 0) is 68.3 Å². The Bertz CT molecular complexity index is 1550. The van der Waals surface area contributed by atoms with Gasteiger partial charge in [0.2, 0.25) is 5.91 Å². The van der Waals surface area contributed by atoms with Crippen molar-refractivity contribution in [1.29, 1.82) is 0 Å². The molecule has 0 saturated carbocycles. The summed E-state index contributed by atoms with van der Waals surface area (Å²) >= 11 is 0. The maximum atomic E-state index is 14.6. The molecule has 3 aromatic rings. The Hall–Kier alpha value is -4.77. The van der Waals surface area contributed by atoms with Crippen LogP contribution >= 0.6 is 0 Å². The van der Waals surface area contributed by atoms with Crippen molar-refractivity contribution in [2.75, 3.05) is 33.4 Å². The third-order valence-corrected chi connectivity index (χ3v) is 7.86. The van der Waals surface area contributed by atoms with E-state index in [0.717, 1.165) is 16.7 Å². The zero-order valence-electron chi connectivity index (χ0n) is 25.4. The number of amidine groups is 1. The second-order valence-electron chi connectivity index (χ2n) is 11.5. The highest BCUT2D eigenvalue weighted by molar-refractivity contribution is 6.11. The number of benzene rings is 3. The molecule has 232 valence electrons. The van der Waals surface area contributed by atoms with Crippen LogP contribution in [0.15, 0.2) is 65.7 Å². The molecular formula is C33H39N5O6. The van der Waals surface area contributed by atoms with Gasteiger partial charge in [0.25, 0.3) is 0 Å². The van der Waals surface area contributed by atoms with Crippen LogP contribution < -0.4 is 20.5 Å². The Labute approximate surface area is 256 Å². The van der Waals surface area contributed by atoms with Crippen LogP contribution in [-0.4, -0.2) is 71.1 Å². The summed E-state index contributed by atoms with van der Waals surface area (Å²) in [6.07, 6.45) is 0.176. The number of urea groups is 1. The summed E-state index contributed by atoms with van der Waals surface area (Å²) in [6.45, 7) is 6.92. The van der Waals surface area contributed by atoms with Gasteiger partial charge in [-0.1, -0.05) is 24.3 Å². The fraction of sp³-hybridized carbons (Fsp3) is 0.364. The Kier molecular flexibility index (Phi) is 8.68. The number of carbonyl (C=O) groups is 2. The van der Waals surface area contributed by atoms with E-state index in [2.05, 4.69) is 5.32 Å². The summed E-state index contributed by atoms with van der Waals surface area (Å²) in [5.74, 6) is 1.44. The second-order valence-corrected chi connectivity index (χ2v) is 11.5. The lowest BCUT2D eigenvalue weighted by atomic mass is 9.92. The Morgan fingerprint density at radius 1 is 1.02 bits per heavy atom. The van der Waals surface area contributed by atoms with Crippen molar-refractivity contribution in [1.82, 2.24) is 15.1 Å². The number of hydrogen-bond donors (Lipinski definition) is 4. The molecule has 2 aliphatic heterocycles. The van der Waals surface area contributed by atoms with Crippen molar-refractivity contribution in [2.45, 2.75) is 44.8 Å². The number of nitrogens with zero attached hydrogens (tertiary/aromatic N) is 3. The van der Waals surface area contributed by atoms with Crippen molar-refractivity contribution >= 4 is 17.8 Å². The fourth-order valence-electron chi connectivity index (χ4n) is 5.67. The molecule has 5 rings (SSSR count). The zero-order valence-corrected chi connectivity index (χ0v) is 25.4. The number of phenolic OH excluding ortho intramolecular Hbond substituents is 2. The maximum absolute atomic E-state index is 14.6. The molecule has 11 heteroatoms. The molecule has 5 N–H and O–H groups in total. The van der Waals surface area contributed by atoms with E-state index in [4.69, 9.17) is 20.2 Å². The summed E-state index contributed by atoms with van der Waals surface area (Å²) in [6, 6.07) is 15.5. The molecule has 1 fully saturated rings. The van der Waals surface area contributed by atoms with E-state index >= 15 is 0 Å². The minimum atomic E-state index is -0.752. The number of aliphatic imine (C=N–C) groups is 1. The predicted molar refractivity (Wildman–Crippen MR) is 166 cm³/mol. The van der Waals surface area contributed by atoms with Gasteiger partial charge in [-0.15, -0.1) is 0 Å². The van der Waals surface area contributed by atoms with Crippen molar-refractivity contribution in [3.05, 3.63) is 82.9 Å². The van der Waals surface area contributed by atoms with Crippen molar-refractivity contribution in [2.24, 2.45) is 10.7 Å². The van der Waals surface area contributed by atoms with Crippen LogP contribution in [0.5, 0.6) is 23.0 Å². The Balaban J connectivity index is 1.74. The summed E-state index contributed by atoms with van der Waals surface area (Å²) in [5.41, 5.74) is 8.55. The summed E-state index contributed by atoms with van der Waals surface area (Å²) in [5, 5.41) is 23.0. The van der Waals surface area contributed by atoms with Crippen LogP contribution in [0, 0.1) is 0 Å². The third-order valence-electron chi connectivity index (χ3n) is 7.86. The highest BCUT2D eigenvalue weighted by atomic mass is 16.5. The number of phenols is 2. The van der Waals surface area contributed by atoms with Gasteiger partial charge in [-0.3, -0.25) is 14.7 Å². The third kappa shape index (κ3) is 6.14. The summed E-state index contributed by atoms with van der Waals surface area (Å²) < 4.78 is 11.9. The molecule has 3 amide bonds. The molecule has 0 radical (unpaired) electrons. The van der Waals surface area contributed by atoms with Crippen LogP contribution in [0.3, 0.4) is 0 Å². The molecule has 11 nitrogen and oxygen atoms in total. The Morgan fingerprint density at radius 3 is 2.25 bits per heavy atom. The average molecular weight is 602 g/mol. The van der Waals surface area contributed by atoms with E-state index in [0.29, 0.717) is 42.6 Å². The highest BCUT2D eigenvalue weighted by Gasteiger charge is 2.45. The van der Waals surface area contributed by atoms with Crippen LogP contribution in [0.2, 0.25) is 0 Å². The number of methoxy groups -OCH3 is 1. The van der Waals surface area contributed by atoms with Crippen molar-refractivity contribution in [3.63, 3.8) is 0 Å². The van der Waals surface area contributed by atoms with Gasteiger partial charge in [0.15, 0.2) is 0 Å². The van der Waals surface area contributed by atoms with Crippen LogP contribution in [-0.2, 0) is 10.3 Å². The molecule has 44 heavy (non-hydrogen) atoms.